The number of hydrogen-bond acceptors (Lipinski definition) is 4. The second-order valence-corrected chi connectivity index (χ2v) is 8.29. The summed E-state index contributed by atoms with van der Waals surface area (Å²) in [7, 11) is 1.74. The molecule has 0 radical (unpaired) electrons. The van der Waals surface area contributed by atoms with E-state index in [9.17, 15) is 9.59 Å². The fourth-order valence-corrected chi connectivity index (χ4v) is 4.01. The number of ether oxygens (including phenoxy) is 1. The van der Waals surface area contributed by atoms with Gasteiger partial charge in [-0.15, -0.1) is 0 Å². The number of carbonyl (C=O) groups excluding carboxylic acids is 2. The van der Waals surface area contributed by atoms with Gasteiger partial charge in [0.05, 0.1) is 17.9 Å². The number of para-hydroxylation sites is 2. The minimum absolute atomic E-state index is 0.0401. The number of aryl methyl sites for hydroxylation is 1. The molecular formula is C24H25ClN4O3. The molecule has 0 saturated heterocycles. The van der Waals surface area contributed by atoms with Crippen molar-refractivity contribution in [2.24, 2.45) is 0 Å². The Labute approximate surface area is 192 Å². The molecule has 4 rings (SSSR count). The highest BCUT2D eigenvalue weighted by molar-refractivity contribution is 6.31. The number of hydrogen-bond donors (Lipinski definition) is 0. The fourth-order valence-electron chi connectivity index (χ4n) is 3.81. The monoisotopic (exact) mass is 452 g/mol. The lowest BCUT2D eigenvalue weighted by Crippen LogP contribution is -2.45. The highest BCUT2D eigenvalue weighted by Crippen LogP contribution is 2.31. The minimum Gasteiger partial charge on any atom is -0.482 e. The van der Waals surface area contributed by atoms with Gasteiger partial charge in [0.15, 0.2) is 6.61 Å². The number of amides is 2. The van der Waals surface area contributed by atoms with Crippen molar-refractivity contribution in [3.05, 3.63) is 76.1 Å². The predicted molar refractivity (Wildman–Crippen MR) is 123 cm³/mol. The molecule has 0 unspecified atom stereocenters. The SMILES string of the molecule is Cc1nn(Cc2ccccc2Cl)c(C)c1CN(C)C(=O)CN1C(=O)COc2ccccc21. The molecule has 0 aliphatic carbocycles. The average molecular weight is 453 g/mol. The molecule has 0 fully saturated rings. The summed E-state index contributed by atoms with van der Waals surface area (Å²) in [5, 5.41) is 5.35. The van der Waals surface area contributed by atoms with E-state index in [1.165, 1.54) is 4.90 Å². The lowest BCUT2D eigenvalue weighted by Gasteiger charge is -2.30. The first-order valence-corrected chi connectivity index (χ1v) is 10.8. The number of benzene rings is 2. The van der Waals surface area contributed by atoms with Crippen LogP contribution in [0.2, 0.25) is 5.02 Å². The van der Waals surface area contributed by atoms with Crippen LogP contribution in [0, 0.1) is 13.8 Å². The van der Waals surface area contributed by atoms with Crippen molar-refractivity contribution in [3.63, 3.8) is 0 Å². The highest BCUT2D eigenvalue weighted by atomic mass is 35.5. The maximum absolute atomic E-state index is 13.0. The van der Waals surface area contributed by atoms with Gasteiger partial charge < -0.3 is 9.64 Å². The molecule has 8 heteroatoms. The Morgan fingerprint density at radius 3 is 2.66 bits per heavy atom. The van der Waals surface area contributed by atoms with Crippen LogP contribution in [-0.2, 0) is 22.7 Å². The second-order valence-electron chi connectivity index (χ2n) is 7.88. The third kappa shape index (κ3) is 4.34. The molecule has 0 bridgehead atoms. The Kier molecular flexibility index (Phi) is 6.19. The standard InChI is InChI=1S/C24H25ClN4O3/c1-16-19(17(2)29(26-16)12-18-8-4-5-9-20(18)25)13-27(3)23(30)14-28-21-10-6-7-11-22(21)32-15-24(28)31/h4-11H,12-15H2,1-3H3. The van der Waals surface area contributed by atoms with E-state index in [4.69, 9.17) is 16.3 Å². The van der Waals surface area contributed by atoms with Crippen LogP contribution in [0.25, 0.3) is 0 Å². The van der Waals surface area contributed by atoms with Crippen molar-refractivity contribution in [1.29, 1.82) is 0 Å². The zero-order valence-corrected chi connectivity index (χ0v) is 19.1. The normalized spacial score (nSPS) is 13.0. The molecule has 0 spiro atoms. The van der Waals surface area contributed by atoms with Gasteiger partial charge >= 0.3 is 0 Å². The van der Waals surface area contributed by atoms with E-state index in [2.05, 4.69) is 5.10 Å². The van der Waals surface area contributed by atoms with Crippen molar-refractivity contribution in [2.45, 2.75) is 26.9 Å². The first kappa shape index (κ1) is 21.9. The number of carbonyl (C=O) groups is 2. The summed E-state index contributed by atoms with van der Waals surface area (Å²) in [6.45, 7) is 4.78. The summed E-state index contributed by atoms with van der Waals surface area (Å²) in [5.41, 5.74) is 4.43. The zero-order valence-electron chi connectivity index (χ0n) is 18.3. The van der Waals surface area contributed by atoms with Crippen molar-refractivity contribution in [2.75, 3.05) is 25.1 Å². The average Bonchev–Trinajstić information content (AvgIpc) is 3.04. The van der Waals surface area contributed by atoms with Crippen LogP contribution < -0.4 is 9.64 Å². The summed E-state index contributed by atoms with van der Waals surface area (Å²) in [5.74, 6) is 0.216. The number of halogens is 1. The molecule has 1 aliphatic rings. The summed E-state index contributed by atoms with van der Waals surface area (Å²) < 4.78 is 7.37. The van der Waals surface area contributed by atoms with E-state index >= 15 is 0 Å². The predicted octanol–water partition coefficient (Wildman–Crippen LogP) is 3.59. The molecule has 3 aromatic rings. The van der Waals surface area contributed by atoms with Crippen molar-refractivity contribution < 1.29 is 14.3 Å². The smallest absolute Gasteiger partial charge is 0.265 e. The minimum atomic E-state index is -0.231. The van der Waals surface area contributed by atoms with E-state index in [1.54, 1.807) is 24.1 Å². The first-order chi connectivity index (χ1) is 15.3. The van der Waals surface area contributed by atoms with Crippen LogP contribution in [0.4, 0.5) is 5.69 Å². The van der Waals surface area contributed by atoms with Crippen LogP contribution in [0.3, 0.4) is 0 Å². The molecular weight excluding hydrogens is 428 g/mol. The number of aromatic nitrogens is 2. The third-order valence-electron chi connectivity index (χ3n) is 5.73. The Morgan fingerprint density at radius 1 is 1.16 bits per heavy atom. The lowest BCUT2D eigenvalue weighted by molar-refractivity contribution is -0.131. The van der Waals surface area contributed by atoms with Gasteiger partial charge in [0.2, 0.25) is 5.91 Å². The van der Waals surface area contributed by atoms with Crippen molar-refractivity contribution >= 4 is 29.1 Å². The Balaban J connectivity index is 1.48. The van der Waals surface area contributed by atoms with Crippen LogP contribution in [0.1, 0.15) is 22.5 Å². The van der Waals surface area contributed by atoms with Gasteiger partial charge in [0.25, 0.3) is 5.91 Å². The number of nitrogens with zero attached hydrogens (tertiary/aromatic N) is 4. The summed E-state index contributed by atoms with van der Waals surface area (Å²) in [6, 6.07) is 14.9. The molecule has 166 valence electrons. The van der Waals surface area contributed by atoms with Gasteiger partial charge in [0, 0.05) is 29.9 Å². The van der Waals surface area contributed by atoms with Crippen LogP contribution in [-0.4, -0.2) is 46.7 Å². The molecule has 32 heavy (non-hydrogen) atoms. The first-order valence-electron chi connectivity index (χ1n) is 10.4. The largest absolute Gasteiger partial charge is 0.482 e. The molecule has 2 heterocycles. The van der Waals surface area contributed by atoms with E-state index < -0.39 is 0 Å². The van der Waals surface area contributed by atoms with Crippen molar-refractivity contribution in [3.8, 4) is 5.75 Å². The fraction of sp³-hybridized carbons (Fsp3) is 0.292. The summed E-state index contributed by atoms with van der Waals surface area (Å²) in [4.78, 5) is 28.5. The Morgan fingerprint density at radius 2 is 1.88 bits per heavy atom. The van der Waals surface area contributed by atoms with Crippen molar-refractivity contribution in [1.82, 2.24) is 14.7 Å². The van der Waals surface area contributed by atoms with Gasteiger partial charge in [0.1, 0.15) is 12.3 Å². The van der Waals surface area contributed by atoms with Gasteiger partial charge in [-0.1, -0.05) is 41.9 Å². The zero-order chi connectivity index (χ0) is 22.8. The van der Waals surface area contributed by atoms with Gasteiger partial charge in [-0.3, -0.25) is 19.2 Å². The number of fused-ring (bicyclic) bond motifs is 1. The third-order valence-corrected chi connectivity index (χ3v) is 6.10. The molecule has 2 aromatic carbocycles. The van der Waals surface area contributed by atoms with E-state index in [-0.39, 0.29) is 25.0 Å². The van der Waals surface area contributed by atoms with Crippen LogP contribution >= 0.6 is 11.6 Å². The van der Waals surface area contributed by atoms with E-state index in [0.717, 1.165) is 22.5 Å². The molecule has 1 aliphatic heterocycles. The van der Waals surface area contributed by atoms with E-state index in [0.29, 0.717) is 29.5 Å². The topological polar surface area (TPSA) is 67.7 Å². The lowest BCUT2D eigenvalue weighted by atomic mass is 10.1. The molecule has 0 atom stereocenters. The summed E-state index contributed by atoms with van der Waals surface area (Å²) >= 11 is 6.30. The second kappa shape index (κ2) is 9.04. The van der Waals surface area contributed by atoms with E-state index in [1.807, 2.05) is 54.9 Å². The molecule has 0 N–H and O–H groups in total. The highest BCUT2D eigenvalue weighted by Gasteiger charge is 2.28. The van der Waals surface area contributed by atoms with Crippen LogP contribution in [0.15, 0.2) is 48.5 Å². The number of rotatable bonds is 6. The number of anilines is 1. The van der Waals surface area contributed by atoms with Gasteiger partial charge in [-0.2, -0.15) is 5.10 Å². The molecule has 1 aromatic heterocycles. The quantitative estimate of drug-likeness (QED) is 0.573. The van der Waals surface area contributed by atoms with Gasteiger partial charge in [-0.05, 0) is 37.6 Å². The Hall–Kier alpha value is -3.32. The molecule has 7 nitrogen and oxygen atoms in total. The van der Waals surface area contributed by atoms with Crippen LogP contribution in [0.5, 0.6) is 5.75 Å². The maximum atomic E-state index is 13.0. The Bertz CT molecular complexity index is 1170. The number of likely N-dealkylation sites (N-methyl/N-ethyl adjacent to an activating group) is 1. The summed E-state index contributed by atoms with van der Waals surface area (Å²) in [6.07, 6.45) is 0. The van der Waals surface area contributed by atoms with Gasteiger partial charge in [-0.25, -0.2) is 0 Å². The molecule has 0 saturated carbocycles. The molecule has 2 amide bonds. The maximum Gasteiger partial charge on any atom is 0.265 e.